The molecule has 4 nitrogen and oxygen atoms in total. The first-order valence-electron chi connectivity index (χ1n) is 11.1. The van der Waals surface area contributed by atoms with Gasteiger partial charge in [0.25, 0.3) is 0 Å². The molecule has 0 unspecified atom stereocenters. The predicted molar refractivity (Wildman–Crippen MR) is 125 cm³/mol. The van der Waals surface area contributed by atoms with Crippen molar-refractivity contribution in [2.24, 2.45) is 11.7 Å². The van der Waals surface area contributed by atoms with Gasteiger partial charge in [-0.05, 0) is 41.9 Å². The summed E-state index contributed by atoms with van der Waals surface area (Å²) >= 11 is 1.79. The minimum atomic E-state index is -0.0518. The van der Waals surface area contributed by atoms with E-state index in [0.717, 1.165) is 23.2 Å². The minimum absolute atomic E-state index is 0.0518. The van der Waals surface area contributed by atoms with Crippen LogP contribution >= 0.6 is 11.8 Å². The van der Waals surface area contributed by atoms with Crippen LogP contribution in [0.15, 0.2) is 59.8 Å². The third-order valence-corrected chi connectivity index (χ3v) is 6.89. The average molecular weight is 421 g/mol. The molecule has 1 saturated carbocycles. The normalized spacial score (nSPS) is 15.7. The molecule has 4 rings (SSSR count). The van der Waals surface area contributed by atoms with E-state index in [0.29, 0.717) is 12.0 Å². The number of hydrogen-bond donors (Lipinski definition) is 1. The van der Waals surface area contributed by atoms with Gasteiger partial charge in [0, 0.05) is 11.8 Å². The third-order valence-electron chi connectivity index (χ3n) is 5.90. The molecule has 0 bridgehead atoms. The Morgan fingerprint density at radius 1 is 1.00 bits per heavy atom. The molecule has 0 saturated heterocycles. The van der Waals surface area contributed by atoms with Crippen LogP contribution in [0.2, 0.25) is 0 Å². The second-order valence-corrected chi connectivity index (χ2v) is 9.64. The number of thioether (sulfide) groups is 1. The maximum absolute atomic E-state index is 6.55. The van der Waals surface area contributed by atoms with Crippen LogP contribution in [-0.4, -0.2) is 14.8 Å². The summed E-state index contributed by atoms with van der Waals surface area (Å²) in [4.78, 5) is 0. The summed E-state index contributed by atoms with van der Waals surface area (Å²) in [6, 6.07) is 19.7. The minimum Gasteiger partial charge on any atom is -0.321 e. The zero-order valence-corrected chi connectivity index (χ0v) is 18.8. The van der Waals surface area contributed by atoms with Gasteiger partial charge in [0.1, 0.15) is 0 Å². The highest BCUT2D eigenvalue weighted by molar-refractivity contribution is 7.98. The fourth-order valence-electron chi connectivity index (χ4n) is 4.45. The largest absolute Gasteiger partial charge is 0.321 e. The topological polar surface area (TPSA) is 56.7 Å². The Kier molecular flexibility index (Phi) is 6.90. The fraction of sp³-hybridized carbons (Fsp3) is 0.440. The van der Waals surface area contributed by atoms with Crippen molar-refractivity contribution in [2.75, 3.05) is 0 Å². The summed E-state index contributed by atoms with van der Waals surface area (Å²) in [5.41, 5.74) is 10.4. The van der Waals surface area contributed by atoms with Crippen molar-refractivity contribution in [2.45, 2.75) is 68.9 Å². The first-order valence-corrected chi connectivity index (χ1v) is 12.1. The van der Waals surface area contributed by atoms with Crippen LogP contribution in [0.4, 0.5) is 0 Å². The Hall–Kier alpha value is -2.11. The van der Waals surface area contributed by atoms with Crippen molar-refractivity contribution >= 4 is 11.8 Å². The zero-order chi connectivity index (χ0) is 20.9. The molecule has 1 fully saturated rings. The lowest BCUT2D eigenvalue weighted by atomic mass is 10.0. The molecule has 0 radical (unpaired) electrons. The molecule has 0 amide bonds. The summed E-state index contributed by atoms with van der Waals surface area (Å²) in [5, 5.41) is 10.2. The van der Waals surface area contributed by atoms with Gasteiger partial charge >= 0.3 is 0 Å². The molecule has 1 aliphatic carbocycles. The molecule has 1 heterocycles. The SMILES string of the molecule is CC(C)C[C@H](N)c1nnc(SCc2ccccc2-c2ccccc2)n1C1CCCC1. The Bertz CT molecular complexity index is 945. The van der Waals surface area contributed by atoms with Gasteiger partial charge in [-0.2, -0.15) is 0 Å². The quantitative estimate of drug-likeness (QED) is 0.428. The first-order chi connectivity index (χ1) is 14.6. The van der Waals surface area contributed by atoms with E-state index in [1.807, 2.05) is 0 Å². The number of benzene rings is 2. The van der Waals surface area contributed by atoms with E-state index in [1.54, 1.807) is 11.8 Å². The van der Waals surface area contributed by atoms with Crippen molar-refractivity contribution in [3.05, 3.63) is 66.0 Å². The number of rotatable bonds is 8. The summed E-state index contributed by atoms with van der Waals surface area (Å²) in [5.74, 6) is 2.38. The smallest absolute Gasteiger partial charge is 0.191 e. The van der Waals surface area contributed by atoms with Gasteiger partial charge in [-0.3, -0.25) is 0 Å². The Labute approximate surface area is 184 Å². The van der Waals surface area contributed by atoms with Gasteiger partial charge in [0.15, 0.2) is 11.0 Å². The number of nitrogens with two attached hydrogens (primary N) is 1. The van der Waals surface area contributed by atoms with Crippen molar-refractivity contribution in [1.29, 1.82) is 0 Å². The van der Waals surface area contributed by atoms with E-state index in [1.165, 1.54) is 42.4 Å². The van der Waals surface area contributed by atoms with Gasteiger partial charge in [0.2, 0.25) is 0 Å². The molecule has 1 atom stereocenters. The van der Waals surface area contributed by atoms with Crippen LogP contribution in [0.25, 0.3) is 11.1 Å². The highest BCUT2D eigenvalue weighted by Gasteiger charge is 2.27. The monoisotopic (exact) mass is 420 g/mol. The van der Waals surface area contributed by atoms with Crippen molar-refractivity contribution in [3.8, 4) is 11.1 Å². The molecule has 5 heteroatoms. The van der Waals surface area contributed by atoms with Crippen LogP contribution in [0.5, 0.6) is 0 Å². The van der Waals surface area contributed by atoms with Crippen LogP contribution in [0.1, 0.15) is 69.4 Å². The van der Waals surface area contributed by atoms with Crippen LogP contribution < -0.4 is 5.73 Å². The van der Waals surface area contributed by atoms with Gasteiger partial charge in [0.05, 0.1) is 6.04 Å². The highest BCUT2D eigenvalue weighted by Crippen LogP contribution is 2.37. The second kappa shape index (κ2) is 9.80. The molecule has 1 aliphatic rings. The summed E-state index contributed by atoms with van der Waals surface area (Å²) in [6.45, 7) is 4.43. The summed E-state index contributed by atoms with van der Waals surface area (Å²) in [7, 11) is 0. The average Bonchev–Trinajstić information content (AvgIpc) is 3.42. The van der Waals surface area contributed by atoms with E-state index >= 15 is 0 Å². The number of hydrogen-bond acceptors (Lipinski definition) is 4. The maximum Gasteiger partial charge on any atom is 0.191 e. The lowest BCUT2D eigenvalue weighted by Crippen LogP contribution is -2.21. The van der Waals surface area contributed by atoms with Crippen molar-refractivity contribution in [3.63, 3.8) is 0 Å². The van der Waals surface area contributed by atoms with E-state index in [-0.39, 0.29) is 6.04 Å². The molecule has 3 aromatic rings. The fourth-order valence-corrected chi connectivity index (χ4v) is 5.46. The Morgan fingerprint density at radius 2 is 1.70 bits per heavy atom. The second-order valence-electron chi connectivity index (χ2n) is 8.70. The molecule has 2 aromatic carbocycles. The number of nitrogens with zero attached hydrogens (tertiary/aromatic N) is 3. The zero-order valence-electron chi connectivity index (χ0n) is 18.0. The van der Waals surface area contributed by atoms with Crippen LogP contribution in [-0.2, 0) is 5.75 Å². The summed E-state index contributed by atoms with van der Waals surface area (Å²) in [6.07, 6.45) is 5.90. The molecule has 1 aromatic heterocycles. The molecule has 2 N–H and O–H groups in total. The van der Waals surface area contributed by atoms with Gasteiger partial charge in [-0.1, -0.05) is 93.0 Å². The van der Waals surface area contributed by atoms with E-state index in [9.17, 15) is 0 Å². The maximum atomic E-state index is 6.55. The summed E-state index contributed by atoms with van der Waals surface area (Å²) < 4.78 is 2.37. The van der Waals surface area contributed by atoms with Crippen molar-refractivity contribution in [1.82, 2.24) is 14.8 Å². The van der Waals surface area contributed by atoms with Crippen LogP contribution in [0, 0.1) is 5.92 Å². The lowest BCUT2D eigenvalue weighted by molar-refractivity contribution is 0.419. The standard InChI is InChI=1S/C25H32N4S/c1-18(2)16-23(26)24-27-28-25(29(24)21-13-7-8-14-21)30-17-20-12-6-9-15-22(20)19-10-4-3-5-11-19/h3-6,9-12,15,18,21,23H,7-8,13-14,16-17,26H2,1-2H3/t23-/m0/s1. The molecule has 0 aliphatic heterocycles. The van der Waals surface area contributed by atoms with Crippen molar-refractivity contribution < 1.29 is 0 Å². The van der Waals surface area contributed by atoms with E-state index in [2.05, 4.69) is 83.2 Å². The first kappa shape index (κ1) is 21.1. The molecule has 0 spiro atoms. The van der Waals surface area contributed by atoms with E-state index < -0.39 is 0 Å². The van der Waals surface area contributed by atoms with E-state index in [4.69, 9.17) is 5.73 Å². The third kappa shape index (κ3) is 4.79. The highest BCUT2D eigenvalue weighted by atomic mass is 32.2. The van der Waals surface area contributed by atoms with Crippen LogP contribution in [0.3, 0.4) is 0 Å². The molecular formula is C25H32N4S. The molecule has 30 heavy (non-hydrogen) atoms. The Balaban J connectivity index is 1.59. The molecule has 158 valence electrons. The van der Waals surface area contributed by atoms with Gasteiger partial charge < -0.3 is 10.3 Å². The van der Waals surface area contributed by atoms with Gasteiger partial charge in [-0.15, -0.1) is 10.2 Å². The predicted octanol–water partition coefficient (Wildman–Crippen LogP) is 6.40. The lowest BCUT2D eigenvalue weighted by Gasteiger charge is -2.21. The molecular weight excluding hydrogens is 388 g/mol. The Morgan fingerprint density at radius 3 is 2.43 bits per heavy atom. The number of aromatic nitrogens is 3. The van der Waals surface area contributed by atoms with Gasteiger partial charge in [-0.25, -0.2) is 0 Å².